The van der Waals surface area contributed by atoms with Gasteiger partial charge in [-0.05, 0) is 32.2 Å². The smallest absolute Gasteiger partial charge is 0.0540 e. The zero-order chi connectivity index (χ0) is 12.1. The van der Waals surface area contributed by atoms with Crippen LogP contribution in [0.1, 0.15) is 50.9 Å². The highest BCUT2D eigenvalue weighted by atomic mass is 15.3. The molecule has 3 heteroatoms. The summed E-state index contributed by atoms with van der Waals surface area (Å²) in [5.41, 5.74) is 2.62. The lowest BCUT2D eigenvalue weighted by molar-refractivity contribution is 0.447. The molecule has 1 N–H and O–H groups in total. The molecule has 1 unspecified atom stereocenters. The van der Waals surface area contributed by atoms with Crippen molar-refractivity contribution in [1.82, 2.24) is 15.1 Å². The highest BCUT2D eigenvalue weighted by molar-refractivity contribution is 5.20. The van der Waals surface area contributed by atoms with Gasteiger partial charge in [-0.3, -0.25) is 4.68 Å². The minimum Gasteiger partial charge on any atom is -0.310 e. The Labute approximate surface area is 99.2 Å². The fraction of sp³-hybridized carbons (Fsp3) is 0.769. The second-order valence-electron chi connectivity index (χ2n) is 4.89. The van der Waals surface area contributed by atoms with Gasteiger partial charge in [0, 0.05) is 24.3 Å². The summed E-state index contributed by atoms with van der Waals surface area (Å²) in [6.45, 7) is 9.87. The molecule has 0 bridgehead atoms. The predicted molar refractivity (Wildman–Crippen MR) is 68.4 cm³/mol. The molecule has 0 aliphatic carbocycles. The average Bonchev–Trinajstić information content (AvgIpc) is 2.55. The average molecular weight is 223 g/mol. The minimum atomic E-state index is 0.459. The second-order valence-corrected chi connectivity index (χ2v) is 4.89. The van der Waals surface area contributed by atoms with Crippen molar-refractivity contribution in [3.63, 3.8) is 0 Å². The fourth-order valence-corrected chi connectivity index (χ4v) is 1.97. The largest absolute Gasteiger partial charge is 0.310 e. The molecule has 0 fully saturated rings. The SMILES string of the molecule is CCNC(CCC(C)C)c1cnn(C)c1C. The van der Waals surface area contributed by atoms with E-state index in [1.165, 1.54) is 24.1 Å². The Morgan fingerprint density at radius 3 is 2.50 bits per heavy atom. The van der Waals surface area contributed by atoms with Crippen LogP contribution in [0.15, 0.2) is 6.20 Å². The number of nitrogens with zero attached hydrogens (tertiary/aromatic N) is 2. The van der Waals surface area contributed by atoms with E-state index in [0.29, 0.717) is 6.04 Å². The van der Waals surface area contributed by atoms with Crippen LogP contribution in [0, 0.1) is 12.8 Å². The Morgan fingerprint density at radius 2 is 2.06 bits per heavy atom. The molecule has 0 aliphatic rings. The lowest BCUT2D eigenvalue weighted by Crippen LogP contribution is -2.21. The first kappa shape index (κ1) is 13.2. The van der Waals surface area contributed by atoms with Gasteiger partial charge in [0.2, 0.25) is 0 Å². The van der Waals surface area contributed by atoms with Crippen LogP contribution in [0.3, 0.4) is 0 Å². The van der Waals surface area contributed by atoms with Crippen molar-refractivity contribution in [3.05, 3.63) is 17.5 Å². The van der Waals surface area contributed by atoms with Gasteiger partial charge in [-0.15, -0.1) is 0 Å². The van der Waals surface area contributed by atoms with Crippen LogP contribution in [-0.2, 0) is 7.05 Å². The molecule has 0 amide bonds. The van der Waals surface area contributed by atoms with E-state index in [4.69, 9.17) is 0 Å². The van der Waals surface area contributed by atoms with Crippen LogP contribution >= 0.6 is 0 Å². The highest BCUT2D eigenvalue weighted by Crippen LogP contribution is 2.23. The van der Waals surface area contributed by atoms with Crippen molar-refractivity contribution in [2.75, 3.05) is 6.54 Å². The standard InChI is InChI=1S/C13H25N3/c1-6-14-13(8-7-10(2)3)12-9-15-16(5)11(12)4/h9-10,13-14H,6-8H2,1-5H3. The van der Waals surface area contributed by atoms with Gasteiger partial charge in [-0.25, -0.2) is 0 Å². The maximum Gasteiger partial charge on any atom is 0.0540 e. The summed E-state index contributed by atoms with van der Waals surface area (Å²) in [5.74, 6) is 0.762. The van der Waals surface area contributed by atoms with Crippen molar-refractivity contribution >= 4 is 0 Å². The Bertz CT molecular complexity index is 315. The van der Waals surface area contributed by atoms with E-state index in [-0.39, 0.29) is 0 Å². The van der Waals surface area contributed by atoms with Crippen LogP contribution in [0.5, 0.6) is 0 Å². The third-order valence-corrected chi connectivity index (χ3v) is 3.13. The van der Waals surface area contributed by atoms with Gasteiger partial charge in [-0.1, -0.05) is 20.8 Å². The van der Waals surface area contributed by atoms with Crippen molar-refractivity contribution in [1.29, 1.82) is 0 Å². The van der Waals surface area contributed by atoms with E-state index >= 15 is 0 Å². The normalized spacial score (nSPS) is 13.4. The Hall–Kier alpha value is -0.830. The zero-order valence-corrected chi connectivity index (χ0v) is 11.2. The number of hydrogen-bond donors (Lipinski definition) is 1. The molecule has 0 aromatic carbocycles. The highest BCUT2D eigenvalue weighted by Gasteiger charge is 2.15. The van der Waals surface area contributed by atoms with Gasteiger partial charge in [0.25, 0.3) is 0 Å². The first-order chi connectivity index (χ1) is 7.56. The van der Waals surface area contributed by atoms with Gasteiger partial charge >= 0.3 is 0 Å². The predicted octanol–water partition coefficient (Wildman–Crippen LogP) is 2.82. The van der Waals surface area contributed by atoms with Gasteiger partial charge in [0.1, 0.15) is 0 Å². The molecule has 0 saturated carbocycles. The van der Waals surface area contributed by atoms with Crippen molar-refractivity contribution < 1.29 is 0 Å². The third kappa shape index (κ3) is 3.34. The Kier molecular flexibility index (Phi) is 5.00. The Balaban J connectivity index is 2.72. The topological polar surface area (TPSA) is 29.9 Å². The van der Waals surface area contributed by atoms with Crippen LogP contribution in [-0.4, -0.2) is 16.3 Å². The summed E-state index contributed by atoms with van der Waals surface area (Å²) < 4.78 is 1.95. The van der Waals surface area contributed by atoms with Crippen LogP contribution in [0.25, 0.3) is 0 Å². The monoisotopic (exact) mass is 223 g/mol. The van der Waals surface area contributed by atoms with E-state index in [1.807, 2.05) is 17.9 Å². The molecule has 0 radical (unpaired) electrons. The fourth-order valence-electron chi connectivity index (χ4n) is 1.97. The van der Waals surface area contributed by atoms with E-state index < -0.39 is 0 Å². The molecule has 16 heavy (non-hydrogen) atoms. The summed E-state index contributed by atoms with van der Waals surface area (Å²) in [6.07, 6.45) is 4.45. The van der Waals surface area contributed by atoms with Crippen LogP contribution in [0.4, 0.5) is 0 Å². The molecular weight excluding hydrogens is 198 g/mol. The van der Waals surface area contributed by atoms with Crippen molar-refractivity contribution in [2.45, 2.75) is 46.6 Å². The molecule has 92 valence electrons. The van der Waals surface area contributed by atoms with Gasteiger partial charge < -0.3 is 5.32 Å². The molecule has 0 spiro atoms. The lowest BCUT2D eigenvalue weighted by atomic mass is 9.98. The molecule has 1 rings (SSSR count). The quantitative estimate of drug-likeness (QED) is 0.803. The lowest BCUT2D eigenvalue weighted by Gasteiger charge is -2.18. The van der Waals surface area contributed by atoms with Gasteiger partial charge in [0.05, 0.1) is 6.20 Å². The molecular formula is C13H25N3. The van der Waals surface area contributed by atoms with Gasteiger partial charge in [0.15, 0.2) is 0 Å². The summed E-state index contributed by atoms with van der Waals surface area (Å²) in [4.78, 5) is 0. The summed E-state index contributed by atoms with van der Waals surface area (Å²) in [7, 11) is 2.00. The molecule has 1 aromatic heterocycles. The maximum absolute atomic E-state index is 4.32. The minimum absolute atomic E-state index is 0.459. The maximum atomic E-state index is 4.32. The van der Waals surface area contributed by atoms with E-state index in [9.17, 15) is 0 Å². The number of rotatable bonds is 6. The molecule has 1 aromatic rings. The first-order valence-electron chi connectivity index (χ1n) is 6.28. The summed E-state index contributed by atoms with van der Waals surface area (Å²) in [6, 6.07) is 0.459. The zero-order valence-electron chi connectivity index (χ0n) is 11.2. The van der Waals surface area contributed by atoms with Crippen LogP contribution < -0.4 is 5.32 Å². The van der Waals surface area contributed by atoms with E-state index in [1.54, 1.807) is 0 Å². The molecule has 3 nitrogen and oxygen atoms in total. The van der Waals surface area contributed by atoms with Crippen molar-refractivity contribution in [3.8, 4) is 0 Å². The molecule has 0 aliphatic heterocycles. The van der Waals surface area contributed by atoms with Crippen molar-refractivity contribution in [2.24, 2.45) is 13.0 Å². The Morgan fingerprint density at radius 1 is 1.38 bits per heavy atom. The van der Waals surface area contributed by atoms with E-state index in [2.05, 4.69) is 38.1 Å². The van der Waals surface area contributed by atoms with Crippen LogP contribution in [0.2, 0.25) is 0 Å². The first-order valence-corrected chi connectivity index (χ1v) is 6.28. The number of hydrogen-bond acceptors (Lipinski definition) is 2. The van der Waals surface area contributed by atoms with E-state index in [0.717, 1.165) is 12.5 Å². The number of aryl methyl sites for hydroxylation is 1. The molecule has 1 atom stereocenters. The molecule has 0 saturated heterocycles. The number of aromatic nitrogens is 2. The molecule has 1 heterocycles. The van der Waals surface area contributed by atoms with Gasteiger partial charge in [-0.2, -0.15) is 5.10 Å². The second kappa shape index (κ2) is 6.04. The number of nitrogens with one attached hydrogen (secondary N) is 1. The third-order valence-electron chi connectivity index (χ3n) is 3.13. The summed E-state index contributed by atoms with van der Waals surface area (Å²) >= 11 is 0. The summed E-state index contributed by atoms with van der Waals surface area (Å²) in [5, 5.41) is 7.88.